The second-order valence-corrected chi connectivity index (χ2v) is 15.8. The second kappa shape index (κ2) is 11.9. The second-order valence-electron chi connectivity index (χ2n) is 14.7. The fourth-order valence-electron chi connectivity index (χ4n) is 9.32. The Kier molecular flexibility index (Phi) is 6.60. The van der Waals surface area contributed by atoms with Gasteiger partial charge in [0, 0.05) is 20.2 Å². The molecular weight excluding hydrogens is 681 g/mol. The van der Waals surface area contributed by atoms with Crippen molar-refractivity contribution in [3.8, 4) is 66.8 Å². The number of benzene rings is 10. The van der Waals surface area contributed by atoms with Crippen LogP contribution in [0.3, 0.4) is 0 Å². The molecule has 0 atom stereocenters. The Labute approximate surface area is 323 Å². The monoisotopic (exact) mass is 712 g/mol. The number of fused-ring (bicyclic) bond motifs is 17. The van der Waals surface area contributed by atoms with Crippen LogP contribution >= 0.6 is 11.3 Å². The van der Waals surface area contributed by atoms with Gasteiger partial charge in [0.25, 0.3) is 0 Å². The fraction of sp³-hybridized carbons (Fsp3) is 0. The van der Waals surface area contributed by atoms with Crippen LogP contribution < -0.4 is 0 Å². The van der Waals surface area contributed by atoms with E-state index in [9.17, 15) is 0 Å². The number of hydrogen-bond acceptors (Lipinski definition) is 1. The summed E-state index contributed by atoms with van der Waals surface area (Å²) in [5.41, 5.74) is 15.0. The highest BCUT2D eigenvalue weighted by Crippen LogP contribution is 2.50. The Balaban J connectivity index is 1.11. The number of hydrogen-bond donors (Lipinski definition) is 0. The van der Waals surface area contributed by atoms with E-state index < -0.39 is 0 Å². The van der Waals surface area contributed by atoms with E-state index in [0.717, 1.165) is 0 Å². The molecule has 0 saturated heterocycles. The molecule has 1 heteroatoms. The van der Waals surface area contributed by atoms with Crippen molar-refractivity contribution < 1.29 is 0 Å². The molecule has 55 heavy (non-hydrogen) atoms. The maximum atomic E-state index is 2.45. The molecule has 1 aliphatic rings. The molecule has 1 aromatic heterocycles. The van der Waals surface area contributed by atoms with Gasteiger partial charge in [0.2, 0.25) is 0 Å². The first-order chi connectivity index (χ1) is 27.3. The Hall–Kier alpha value is -6.80. The first-order valence-electron chi connectivity index (χ1n) is 19.0. The number of thiophene rings is 1. The van der Waals surface area contributed by atoms with E-state index in [4.69, 9.17) is 0 Å². The molecule has 1 heterocycles. The molecule has 0 saturated carbocycles. The summed E-state index contributed by atoms with van der Waals surface area (Å²) in [7, 11) is 0. The van der Waals surface area contributed by atoms with Crippen molar-refractivity contribution in [3.05, 3.63) is 194 Å². The Morgan fingerprint density at radius 2 is 0.618 bits per heavy atom. The fourth-order valence-corrected chi connectivity index (χ4v) is 10.6. The average molecular weight is 713 g/mol. The predicted molar refractivity (Wildman–Crippen MR) is 238 cm³/mol. The van der Waals surface area contributed by atoms with Crippen molar-refractivity contribution in [2.75, 3.05) is 0 Å². The van der Waals surface area contributed by atoms with E-state index in [0.29, 0.717) is 0 Å². The molecule has 1 aliphatic carbocycles. The van der Waals surface area contributed by atoms with E-state index >= 15 is 0 Å². The smallest absolute Gasteiger partial charge is 0.0433 e. The van der Waals surface area contributed by atoms with Crippen molar-refractivity contribution in [2.45, 2.75) is 0 Å². The Morgan fingerprint density at radius 1 is 0.218 bits per heavy atom. The van der Waals surface area contributed by atoms with E-state index in [-0.39, 0.29) is 0 Å². The highest BCUT2D eigenvalue weighted by atomic mass is 32.1. The molecule has 11 aromatic rings. The minimum Gasteiger partial charge on any atom is -0.135 e. The van der Waals surface area contributed by atoms with Crippen LogP contribution in [-0.2, 0) is 0 Å². The molecule has 0 N–H and O–H groups in total. The summed E-state index contributed by atoms with van der Waals surface area (Å²) in [6.45, 7) is 0. The largest absolute Gasteiger partial charge is 0.135 e. The van der Waals surface area contributed by atoms with Crippen LogP contribution in [0.15, 0.2) is 194 Å². The van der Waals surface area contributed by atoms with Gasteiger partial charge >= 0.3 is 0 Å². The molecule has 0 radical (unpaired) electrons. The standard InChI is InChI=1S/C54H32S/c1-3-16-41-37(12-1)39-14-5-7-18-43(39)50-30-33(24-27-45(41)50)34-25-28-46-42-17-4-2-13-38(42)40-15-6-8-19-44(40)52-32-35(26-29-47(52)51(46)31-34)36-21-11-22-49-48-20-9-10-23-53(48)55-54(36)49/h1-32H. The predicted octanol–water partition coefficient (Wildman–Crippen LogP) is 15.8. The summed E-state index contributed by atoms with van der Waals surface area (Å²) in [5, 5.41) is 10.4. The van der Waals surface area contributed by atoms with Gasteiger partial charge in [0.1, 0.15) is 0 Å². The van der Waals surface area contributed by atoms with Crippen LogP contribution in [0.4, 0.5) is 0 Å². The van der Waals surface area contributed by atoms with Crippen molar-refractivity contribution in [1.82, 2.24) is 0 Å². The van der Waals surface area contributed by atoms with Gasteiger partial charge in [-0.05, 0) is 123 Å². The molecular formula is C54H32S. The Morgan fingerprint density at radius 3 is 1.27 bits per heavy atom. The zero-order valence-electron chi connectivity index (χ0n) is 29.9. The lowest BCUT2D eigenvalue weighted by molar-refractivity contribution is 1.52. The summed E-state index contributed by atoms with van der Waals surface area (Å²) in [4.78, 5) is 0. The van der Waals surface area contributed by atoms with E-state index in [1.54, 1.807) is 0 Å². The lowest BCUT2D eigenvalue weighted by Crippen LogP contribution is -1.98. The summed E-state index contributed by atoms with van der Waals surface area (Å²) in [5.74, 6) is 0. The molecule has 0 nitrogen and oxygen atoms in total. The lowest BCUT2D eigenvalue weighted by Gasteiger charge is -2.24. The maximum absolute atomic E-state index is 2.45. The lowest BCUT2D eigenvalue weighted by atomic mass is 9.79. The zero-order valence-corrected chi connectivity index (χ0v) is 30.7. The first-order valence-corrected chi connectivity index (χ1v) is 19.8. The van der Waals surface area contributed by atoms with E-state index in [1.165, 1.54) is 119 Å². The van der Waals surface area contributed by atoms with Crippen LogP contribution in [0.1, 0.15) is 0 Å². The first kappa shape index (κ1) is 30.6. The van der Waals surface area contributed by atoms with Crippen molar-refractivity contribution in [1.29, 1.82) is 0 Å². The normalized spacial score (nSPS) is 12.0. The van der Waals surface area contributed by atoms with Gasteiger partial charge in [-0.1, -0.05) is 170 Å². The minimum absolute atomic E-state index is 1.22. The molecule has 12 rings (SSSR count). The van der Waals surface area contributed by atoms with Gasteiger partial charge in [-0.2, -0.15) is 0 Å². The molecule has 0 aliphatic heterocycles. The Bertz CT molecular complexity index is 3340. The van der Waals surface area contributed by atoms with Gasteiger partial charge in [-0.15, -0.1) is 11.3 Å². The van der Waals surface area contributed by atoms with E-state index in [1.807, 2.05) is 11.3 Å². The molecule has 0 amide bonds. The summed E-state index contributed by atoms with van der Waals surface area (Å²) >= 11 is 1.89. The van der Waals surface area contributed by atoms with Crippen LogP contribution in [-0.4, -0.2) is 0 Å². The third-order valence-corrected chi connectivity index (χ3v) is 13.1. The summed E-state index contributed by atoms with van der Waals surface area (Å²) in [6.07, 6.45) is 0. The highest BCUT2D eigenvalue weighted by molar-refractivity contribution is 7.26. The average Bonchev–Trinajstić information content (AvgIpc) is 3.65. The van der Waals surface area contributed by atoms with E-state index in [2.05, 4.69) is 194 Å². The minimum atomic E-state index is 1.22. The molecule has 0 unspecified atom stereocenters. The molecule has 10 aromatic carbocycles. The van der Waals surface area contributed by atoms with Gasteiger partial charge < -0.3 is 0 Å². The van der Waals surface area contributed by atoms with Gasteiger partial charge in [0.05, 0.1) is 0 Å². The number of rotatable bonds is 2. The molecule has 0 spiro atoms. The van der Waals surface area contributed by atoms with Crippen molar-refractivity contribution in [2.24, 2.45) is 0 Å². The molecule has 254 valence electrons. The third kappa shape index (κ3) is 4.57. The zero-order chi connectivity index (χ0) is 36.0. The maximum Gasteiger partial charge on any atom is 0.0433 e. The van der Waals surface area contributed by atoms with Crippen LogP contribution in [0.5, 0.6) is 0 Å². The quantitative estimate of drug-likeness (QED) is 0.157. The SMILES string of the molecule is c1ccc2c(c1)-c1ccccc1-c1cc(-c3cccc4c3sc3ccccc34)ccc1-c1cc(-c3ccc4c5ccccc5c5ccccc5c4c3)ccc1-2. The molecule has 0 fully saturated rings. The summed E-state index contributed by atoms with van der Waals surface area (Å²) in [6, 6.07) is 72.5. The highest BCUT2D eigenvalue weighted by Gasteiger charge is 2.23. The van der Waals surface area contributed by atoms with Crippen molar-refractivity contribution >= 4 is 63.8 Å². The third-order valence-electron chi connectivity index (χ3n) is 11.8. The van der Waals surface area contributed by atoms with Gasteiger partial charge in [0.15, 0.2) is 0 Å². The van der Waals surface area contributed by atoms with Crippen LogP contribution in [0, 0.1) is 0 Å². The molecule has 0 bridgehead atoms. The summed E-state index contributed by atoms with van der Waals surface area (Å²) < 4.78 is 2.67. The van der Waals surface area contributed by atoms with Gasteiger partial charge in [-0.3, -0.25) is 0 Å². The topological polar surface area (TPSA) is 0 Å². The van der Waals surface area contributed by atoms with Crippen LogP contribution in [0.2, 0.25) is 0 Å². The van der Waals surface area contributed by atoms with Crippen molar-refractivity contribution in [3.63, 3.8) is 0 Å². The van der Waals surface area contributed by atoms with Crippen LogP contribution in [0.25, 0.3) is 119 Å². The van der Waals surface area contributed by atoms with Gasteiger partial charge in [-0.25, -0.2) is 0 Å².